The first-order chi connectivity index (χ1) is 4.64. The molecule has 1 rings (SSSR count). The van der Waals surface area contributed by atoms with Crippen LogP contribution in [0.4, 0.5) is 0 Å². The van der Waals surface area contributed by atoms with Gasteiger partial charge in [-0.05, 0) is 6.92 Å². The summed E-state index contributed by atoms with van der Waals surface area (Å²) in [6, 6.07) is 0. The Kier molecular flexibility index (Phi) is 2.28. The number of sulfonamides is 1. The highest BCUT2D eigenvalue weighted by molar-refractivity contribution is 7.89. The SMILES string of the molecule is CCS(=O)(=O)NCC1CO1. The lowest BCUT2D eigenvalue weighted by Crippen LogP contribution is -2.28. The molecule has 0 aromatic heterocycles. The molecule has 1 unspecified atom stereocenters. The first-order valence-corrected chi connectivity index (χ1v) is 4.88. The Morgan fingerprint density at radius 1 is 1.70 bits per heavy atom. The summed E-state index contributed by atoms with van der Waals surface area (Å²) in [6.45, 7) is 2.72. The van der Waals surface area contributed by atoms with Gasteiger partial charge in [0.25, 0.3) is 0 Å². The fourth-order valence-corrected chi connectivity index (χ4v) is 1.15. The monoisotopic (exact) mass is 165 g/mol. The summed E-state index contributed by atoms with van der Waals surface area (Å²) in [4.78, 5) is 0. The largest absolute Gasteiger partial charge is 0.372 e. The van der Waals surface area contributed by atoms with Crippen molar-refractivity contribution in [3.8, 4) is 0 Å². The van der Waals surface area contributed by atoms with Gasteiger partial charge in [0.15, 0.2) is 0 Å². The van der Waals surface area contributed by atoms with Gasteiger partial charge < -0.3 is 4.74 Å². The van der Waals surface area contributed by atoms with Crippen LogP contribution in [0.15, 0.2) is 0 Å². The van der Waals surface area contributed by atoms with Crippen LogP contribution in [0.25, 0.3) is 0 Å². The van der Waals surface area contributed by atoms with Gasteiger partial charge in [-0.25, -0.2) is 13.1 Å². The Labute approximate surface area is 60.6 Å². The molecule has 0 aliphatic carbocycles. The van der Waals surface area contributed by atoms with Gasteiger partial charge in [0.1, 0.15) is 0 Å². The maximum Gasteiger partial charge on any atom is 0.211 e. The average molecular weight is 165 g/mol. The molecule has 10 heavy (non-hydrogen) atoms. The van der Waals surface area contributed by atoms with E-state index in [1.165, 1.54) is 0 Å². The maximum atomic E-state index is 10.8. The van der Waals surface area contributed by atoms with E-state index in [0.29, 0.717) is 13.2 Å². The van der Waals surface area contributed by atoms with E-state index >= 15 is 0 Å². The van der Waals surface area contributed by atoms with E-state index in [4.69, 9.17) is 4.74 Å². The number of hydrogen-bond donors (Lipinski definition) is 1. The van der Waals surface area contributed by atoms with Crippen LogP contribution in [0, 0.1) is 0 Å². The van der Waals surface area contributed by atoms with E-state index in [2.05, 4.69) is 4.72 Å². The van der Waals surface area contributed by atoms with Crippen molar-refractivity contribution in [2.24, 2.45) is 0 Å². The van der Waals surface area contributed by atoms with Gasteiger partial charge in [-0.2, -0.15) is 0 Å². The molecule has 1 N–H and O–H groups in total. The van der Waals surface area contributed by atoms with E-state index in [1.54, 1.807) is 6.92 Å². The molecule has 4 nitrogen and oxygen atoms in total. The minimum Gasteiger partial charge on any atom is -0.372 e. The normalized spacial score (nSPS) is 24.7. The summed E-state index contributed by atoms with van der Waals surface area (Å²) in [5, 5.41) is 0. The number of ether oxygens (including phenoxy) is 1. The number of rotatable bonds is 4. The summed E-state index contributed by atoms with van der Waals surface area (Å²) in [6.07, 6.45) is 0.126. The summed E-state index contributed by atoms with van der Waals surface area (Å²) in [5.74, 6) is 0.139. The second kappa shape index (κ2) is 2.86. The van der Waals surface area contributed by atoms with Crippen LogP contribution in [-0.2, 0) is 14.8 Å². The van der Waals surface area contributed by atoms with Crippen LogP contribution in [0.1, 0.15) is 6.92 Å². The molecule has 5 heteroatoms. The van der Waals surface area contributed by atoms with E-state index in [9.17, 15) is 8.42 Å². The third-order valence-corrected chi connectivity index (χ3v) is 2.68. The van der Waals surface area contributed by atoms with Crippen molar-refractivity contribution < 1.29 is 13.2 Å². The molecular weight excluding hydrogens is 154 g/mol. The smallest absolute Gasteiger partial charge is 0.211 e. The zero-order chi connectivity index (χ0) is 7.61. The molecule has 0 saturated carbocycles. The van der Waals surface area contributed by atoms with Crippen LogP contribution >= 0.6 is 0 Å². The molecular formula is C5H11NO3S. The quantitative estimate of drug-likeness (QED) is 0.562. The molecule has 60 valence electrons. The van der Waals surface area contributed by atoms with E-state index < -0.39 is 10.0 Å². The van der Waals surface area contributed by atoms with Crippen LogP contribution in [-0.4, -0.2) is 33.4 Å². The van der Waals surface area contributed by atoms with Gasteiger partial charge in [0.05, 0.1) is 18.5 Å². The summed E-state index contributed by atoms with van der Waals surface area (Å²) >= 11 is 0. The third-order valence-electron chi connectivity index (χ3n) is 1.31. The lowest BCUT2D eigenvalue weighted by Gasteiger charge is -1.99. The van der Waals surface area contributed by atoms with E-state index in [-0.39, 0.29) is 11.9 Å². The van der Waals surface area contributed by atoms with Gasteiger partial charge in [0, 0.05) is 6.54 Å². The number of nitrogens with one attached hydrogen (secondary N) is 1. The van der Waals surface area contributed by atoms with Crippen LogP contribution in [0.5, 0.6) is 0 Å². The van der Waals surface area contributed by atoms with Crippen molar-refractivity contribution in [1.82, 2.24) is 4.72 Å². The molecule has 0 bridgehead atoms. The highest BCUT2D eigenvalue weighted by Gasteiger charge is 2.23. The topological polar surface area (TPSA) is 58.7 Å². The minimum absolute atomic E-state index is 0.126. The first kappa shape index (κ1) is 7.97. The second-order valence-electron chi connectivity index (χ2n) is 2.21. The summed E-state index contributed by atoms with van der Waals surface area (Å²) in [7, 11) is -3.00. The molecule has 0 aromatic rings. The van der Waals surface area contributed by atoms with Gasteiger partial charge >= 0.3 is 0 Å². The van der Waals surface area contributed by atoms with Crippen molar-refractivity contribution >= 4 is 10.0 Å². The molecule has 1 aliphatic heterocycles. The Balaban J connectivity index is 2.22. The Morgan fingerprint density at radius 3 is 2.70 bits per heavy atom. The minimum atomic E-state index is -3.00. The predicted octanol–water partition coefficient (Wildman–Crippen LogP) is -0.675. The zero-order valence-corrected chi connectivity index (χ0v) is 6.65. The lowest BCUT2D eigenvalue weighted by atomic mass is 10.5. The van der Waals surface area contributed by atoms with Crippen LogP contribution in [0.2, 0.25) is 0 Å². The van der Waals surface area contributed by atoms with Crippen molar-refractivity contribution in [3.05, 3.63) is 0 Å². The van der Waals surface area contributed by atoms with Gasteiger partial charge in [-0.15, -0.1) is 0 Å². The first-order valence-electron chi connectivity index (χ1n) is 3.23. The predicted molar refractivity (Wildman–Crippen MR) is 37.2 cm³/mol. The molecule has 0 radical (unpaired) electrons. The van der Waals surface area contributed by atoms with Gasteiger partial charge in [-0.3, -0.25) is 0 Å². The fourth-order valence-electron chi connectivity index (χ4n) is 0.508. The molecule has 0 spiro atoms. The molecule has 0 amide bonds. The Bertz CT molecular complexity index is 195. The molecule has 1 saturated heterocycles. The number of hydrogen-bond acceptors (Lipinski definition) is 3. The van der Waals surface area contributed by atoms with Crippen molar-refractivity contribution in [1.29, 1.82) is 0 Å². The molecule has 0 aromatic carbocycles. The van der Waals surface area contributed by atoms with Crippen molar-refractivity contribution in [2.45, 2.75) is 13.0 Å². The number of epoxide rings is 1. The highest BCUT2D eigenvalue weighted by atomic mass is 32.2. The second-order valence-corrected chi connectivity index (χ2v) is 4.30. The van der Waals surface area contributed by atoms with Gasteiger partial charge in [0.2, 0.25) is 10.0 Å². The lowest BCUT2D eigenvalue weighted by molar-refractivity contribution is 0.406. The molecule has 1 aliphatic rings. The van der Waals surface area contributed by atoms with Crippen LogP contribution < -0.4 is 4.72 Å². The Hall–Kier alpha value is -0.130. The molecule has 1 atom stereocenters. The molecule has 1 fully saturated rings. The standard InChI is InChI=1S/C5H11NO3S/c1-2-10(7,8)6-3-5-4-9-5/h5-6H,2-4H2,1H3. The fraction of sp³-hybridized carbons (Fsp3) is 1.00. The highest BCUT2D eigenvalue weighted by Crippen LogP contribution is 2.06. The maximum absolute atomic E-state index is 10.8. The third kappa shape index (κ3) is 2.64. The van der Waals surface area contributed by atoms with Crippen LogP contribution in [0.3, 0.4) is 0 Å². The molecule has 1 heterocycles. The average Bonchev–Trinajstić information content (AvgIpc) is 2.66. The Morgan fingerprint density at radius 2 is 2.30 bits per heavy atom. The summed E-state index contributed by atoms with van der Waals surface area (Å²) < 4.78 is 28.8. The van der Waals surface area contributed by atoms with E-state index in [0.717, 1.165) is 0 Å². The summed E-state index contributed by atoms with van der Waals surface area (Å²) in [5.41, 5.74) is 0. The van der Waals surface area contributed by atoms with Gasteiger partial charge in [-0.1, -0.05) is 0 Å². The zero-order valence-electron chi connectivity index (χ0n) is 5.83. The van der Waals surface area contributed by atoms with Crippen molar-refractivity contribution in [2.75, 3.05) is 18.9 Å². The van der Waals surface area contributed by atoms with E-state index in [1.807, 2.05) is 0 Å². The van der Waals surface area contributed by atoms with Crippen molar-refractivity contribution in [3.63, 3.8) is 0 Å².